The maximum Gasteiger partial charge on any atom is 0.308 e. The van der Waals surface area contributed by atoms with E-state index in [1.807, 2.05) is 76.2 Å². The highest BCUT2D eigenvalue weighted by molar-refractivity contribution is 6.30. The predicted octanol–water partition coefficient (Wildman–Crippen LogP) is 7.42. The standard InChI is InChI=1S/C43H52ClN3O10/c1-30-40-35-7-5-6-8-36(35)41(31-9-11-32(44)12-10-31)46-37(42(40)57-47-30)29-38(48)45-33-13-15-34(16-14-33)55-28-27-54-26-25-53-24-23-52-22-21-51-20-19-50-18-17-39(49)56-43(2,3)4/h5-16,37H,17-29H2,1-4H3,(H,45,48)/t37-/m0/s1. The number of anilines is 1. The fraction of sp³-hybridized carbons (Fsp3) is 0.442. The van der Waals surface area contributed by atoms with Gasteiger partial charge in [-0.3, -0.25) is 14.6 Å². The first-order valence-electron chi connectivity index (χ1n) is 19.1. The average Bonchev–Trinajstić information content (AvgIpc) is 3.50. The van der Waals surface area contributed by atoms with E-state index in [-0.39, 0.29) is 24.7 Å². The van der Waals surface area contributed by atoms with Crippen molar-refractivity contribution in [2.45, 2.75) is 52.2 Å². The maximum absolute atomic E-state index is 13.4. The highest BCUT2D eigenvalue weighted by atomic mass is 35.5. The Balaban J connectivity index is 0.932. The van der Waals surface area contributed by atoms with E-state index in [9.17, 15) is 9.59 Å². The third-order valence-corrected chi connectivity index (χ3v) is 8.67. The van der Waals surface area contributed by atoms with E-state index < -0.39 is 11.6 Å². The number of fused-ring (bicyclic) bond motifs is 3. The molecule has 0 aliphatic carbocycles. The van der Waals surface area contributed by atoms with Gasteiger partial charge in [-0.2, -0.15) is 0 Å². The van der Waals surface area contributed by atoms with Gasteiger partial charge in [-0.1, -0.05) is 53.2 Å². The average molecular weight is 806 g/mol. The summed E-state index contributed by atoms with van der Waals surface area (Å²) in [6.07, 6.45) is 0.265. The predicted molar refractivity (Wildman–Crippen MR) is 216 cm³/mol. The summed E-state index contributed by atoms with van der Waals surface area (Å²) in [5.41, 5.74) is 5.25. The molecule has 1 aliphatic heterocycles. The summed E-state index contributed by atoms with van der Waals surface area (Å²) in [4.78, 5) is 30.1. The number of carbonyl (C=O) groups is 2. The van der Waals surface area contributed by atoms with E-state index in [0.29, 0.717) is 94.9 Å². The number of benzene rings is 3. The first kappa shape index (κ1) is 43.5. The quantitative estimate of drug-likeness (QED) is 0.0590. The summed E-state index contributed by atoms with van der Waals surface area (Å²) < 4.78 is 44.3. The fourth-order valence-electron chi connectivity index (χ4n) is 5.88. The molecule has 2 heterocycles. The van der Waals surface area contributed by atoms with Crippen LogP contribution in [0.25, 0.3) is 11.1 Å². The molecule has 3 aromatic carbocycles. The number of aliphatic imine (C=N–C) groups is 1. The van der Waals surface area contributed by atoms with Gasteiger partial charge in [0.1, 0.15) is 24.0 Å². The Morgan fingerprint density at radius 2 is 1.30 bits per heavy atom. The molecule has 4 aromatic rings. The Kier molecular flexibility index (Phi) is 17.1. The third-order valence-electron chi connectivity index (χ3n) is 8.42. The molecule has 0 spiro atoms. The fourth-order valence-corrected chi connectivity index (χ4v) is 6.01. The largest absolute Gasteiger partial charge is 0.491 e. The second-order valence-corrected chi connectivity index (χ2v) is 14.5. The van der Waals surface area contributed by atoms with E-state index in [4.69, 9.17) is 54.3 Å². The number of halogens is 1. The molecule has 1 amide bonds. The molecule has 5 rings (SSSR count). The first-order valence-corrected chi connectivity index (χ1v) is 19.5. The minimum absolute atomic E-state index is 0.0477. The number of hydrogen-bond donors (Lipinski definition) is 1. The van der Waals surface area contributed by atoms with Crippen LogP contribution in [-0.4, -0.2) is 101 Å². The molecule has 0 fully saturated rings. The van der Waals surface area contributed by atoms with Crippen LogP contribution in [0.1, 0.15) is 62.2 Å². The number of rotatable bonds is 23. The molecule has 1 N–H and O–H groups in total. The van der Waals surface area contributed by atoms with Crippen molar-refractivity contribution in [1.29, 1.82) is 0 Å². The number of aromatic nitrogens is 1. The molecule has 0 radical (unpaired) electrons. The van der Waals surface area contributed by atoms with Crippen molar-refractivity contribution < 1.29 is 47.3 Å². The molecule has 1 aliphatic rings. The molecular formula is C43H52ClN3O10. The van der Waals surface area contributed by atoms with Crippen LogP contribution >= 0.6 is 11.6 Å². The van der Waals surface area contributed by atoms with Crippen molar-refractivity contribution in [3.63, 3.8) is 0 Å². The van der Waals surface area contributed by atoms with Crippen LogP contribution in [0.2, 0.25) is 5.02 Å². The third kappa shape index (κ3) is 14.4. The summed E-state index contributed by atoms with van der Waals surface area (Å²) in [7, 11) is 0. The number of nitrogens with one attached hydrogen (secondary N) is 1. The highest BCUT2D eigenvalue weighted by Crippen LogP contribution is 2.41. The lowest BCUT2D eigenvalue weighted by Crippen LogP contribution is -2.24. The van der Waals surface area contributed by atoms with E-state index in [2.05, 4.69) is 10.5 Å². The lowest BCUT2D eigenvalue weighted by Gasteiger charge is -2.19. The molecule has 0 bridgehead atoms. The zero-order chi connectivity index (χ0) is 40.5. The van der Waals surface area contributed by atoms with Gasteiger partial charge in [-0.05, 0) is 69.7 Å². The van der Waals surface area contributed by atoms with E-state index in [1.165, 1.54) is 0 Å². The Bertz CT molecular complexity index is 1890. The van der Waals surface area contributed by atoms with Crippen molar-refractivity contribution in [1.82, 2.24) is 5.16 Å². The van der Waals surface area contributed by atoms with Gasteiger partial charge >= 0.3 is 5.97 Å². The van der Waals surface area contributed by atoms with Crippen molar-refractivity contribution in [3.05, 3.63) is 100 Å². The van der Waals surface area contributed by atoms with Crippen LogP contribution in [-0.2, 0) is 38.0 Å². The first-order chi connectivity index (χ1) is 27.6. The van der Waals surface area contributed by atoms with Crippen LogP contribution in [0.15, 0.2) is 82.3 Å². The van der Waals surface area contributed by atoms with Gasteiger partial charge in [-0.25, -0.2) is 0 Å². The number of carbonyl (C=O) groups excluding carboxylic acids is 2. The summed E-state index contributed by atoms with van der Waals surface area (Å²) >= 11 is 6.19. The minimum atomic E-state index is -0.603. The normalized spacial score (nSPS) is 13.6. The number of hydrogen-bond acceptors (Lipinski definition) is 12. The number of nitrogens with zero attached hydrogens (tertiary/aromatic N) is 2. The van der Waals surface area contributed by atoms with Gasteiger partial charge < -0.3 is 43.0 Å². The van der Waals surface area contributed by atoms with E-state index >= 15 is 0 Å². The lowest BCUT2D eigenvalue weighted by atomic mass is 9.93. The van der Waals surface area contributed by atoms with E-state index in [0.717, 1.165) is 33.7 Å². The van der Waals surface area contributed by atoms with Gasteiger partial charge in [-0.15, -0.1) is 0 Å². The molecular weight excluding hydrogens is 754 g/mol. The second-order valence-electron chi connectivity index (χ2n) is 14.1. The highest BCUT2D eigenvalue weighted by Gasteiger charge is 2.31. The summed E-state index contributed by atoms with van der Waals surface area (Å²) in [5, 5.41) is 7.85. The zero-order valence-electron chi connectivity index (χ0n) is 33.1. The van der Waals surface area contributed by atoms with Crippen LogP contribution in [0.5, 0.6) is 5.75 Å². The van der Waals surface area contributed by atoms with Crippen LogP contribution in [0.4, 0.5) is 5.69 Å². The van der Waals surface area contributed by atoms with Crippen LogP contribution in [0.3, 0.4) is 0 Å². The molecule has 1 aromatic heterocycles. The van der Waals surface area contributed by atoms with Crippen molar-refractivity contribution >= 4 is 34.9 Å². The van der Waals surface area contributed by atoms with Gasteiger partial charge in [0.15, 0.2) is 5.76 Å². The molecule has 0 unspecified atom stereocenters. The van der Waals surface area contributed by atoms with Crippen LogP contribution < -0.4 is 10.1 Å². The zero-order valence-corrected chi connectivity index (χ0v) is 33.8. The minimum Gasteiger partial charge on any atom is -0.491 e. The molecule has 1 atom stereocenters. The number of ether oxygens (including phenoxy) is 7. The molecule has 0 saturated heterocycles. The topological polar surface area (TPSA) is 149 Å². The van der Waals surface area contributed by atoms with Gasteiger partial charge in [0.25, 0.3) is 0 Å². The molecule has 0 saturated carbocycles. The van der Waals surface area contributed by atoms with Crippen molar-refractivity contribution in [2.75, 3.05) is 78.0 Å². The van der Waals surface area contributed by atoms with Crippen molar-refractivity contribution in [2.24, 2.45) is 4.99 Å². The Hall–Kier alpha value is -4.63. The monoisotopic (exact) mass is 805 g/mol. The molecule has 14 heteroatoms. The van der Waals surface area contributed by atoms with Gasteiger partial charge in [0, 0.05) is 21.8 Å². The lowest BCUT2D eigenvalue weighted by molar-refractivity contribution is -0.156. The molecule has 13 nitrogen and oxygen atoms in total. The smallest absolute Gasteiger partial charge is 0.308 e. The summed E-state index contributed by atoms with van der Waals surface area (Å²) in [6, 6.07) is 22.1. The SMILES string of the molecule is Cc1noc2c1-c1ccccc1C(c1ccc(Cl)cc1)=N[C@H]2CC(=O)Nc1ccc(OCCOCCOCCOCCOCCOCCC(=O)OC(C)(C)C)cc1. The maximum atomic E-state index is 13.4. The van der Waals surface area contributed by atoms with Gasteiger partial charge in [0.05, 0.1) is 95.9 Å². The molecule has 57 heavy (non-hydrogen) atoms. The Labute approximate surface area is 338 Å². The van der Waals surface area contributed by atoms with Crippen molar-refractivity contribution in [3.8, 4) is 16.9 Å². The Morgan fingerprint density at radius 3 is 1.89 bits per heavy atom. The van der Waals surface area contributed by atoms with Gasteiger partial charge in [0.2, 0.25) is 5.91 Å². The second kappa shape index (κ2) is 22.3. The molecule has 306 valence electrons. The summed E-state index contributed by atoms with van der Waals surface area (Å²) in [6.45, 7) is 11.9. The Morgan fingerprint density at radius 1 is 0.737 bits per heavy atom. The number of esters is 1. The number of aryl methyl sites for hydroxylation is 1. The summed E-state index contributed by atoms with van der Waals surface area (Å²) in [5.74, 6) is 0.711. The van der Waals surface area contributed by atoms with E-state index in [1.54, 1.807) is 24.3 Å². The number of amides is 1. The van der Waals surface area contributed by atoms with Crippen LogP contribution in [0, 0.1) is 6.92 Å².